The van der Waals surface area contributed by atoms with Gasteiger partial charge in [-0.15, -0.1) is 0 Å². The van der Waals surface area contributed by atoms with Gasteiger partial charge in [-0.1, -0.05) is 121 Å². The molecule has 0 aliphatic carbocycles. The number of aliphatic hydroxyl groups is 3. The van der Waals surface area contributed by atoms with Gasteiger partial charge in [-0.3, -0.25) is 9.35 Å². The standard InChI is InChI=1S/C42H76O12S/c1-3-5-7-9-11-13-15-17-18-19-21-23-25-27-29-31-38(44)52-36(34-50-32-30-28-26-24-22-20-16-14-12-10-8-6-4-2)35-51-42-40(46)41(54-55(47,48)49)39(45)37(33-43)53-42/h11-14,17-18,36-37,39-43,45-46H,3-10,15-16,19-35H2,1-2H3,(H,47,48,49)/b13-11-,14-12-,18-17-. The maximum Gasteiger partial charge on any atom is 0.397 e. The summed E-state index contributed by atoms with van der Waals surface area (Å²) in [4.78, 5) is 12.8. The van der Waals surface area contributed by atoms with Crippen molar-refractivity contribution in [2.45, 2.75) is 198 Å². The van der Waals surface area contributed by atoms with E-state index in [4.69, 9.17) is 23.5 Å². The molecule has 0 bridgehead atoms. The van der Waals surface area contributed by atoms with Crippen LogP contribution in [0.25, 0.3) is 0 Å². The van der Waals surface area contributed by atoms with Gasteiger partial charge in [0, 0.05) is 13.0 Å². The van der Waals surface area contributed by atoms with Crippen LogP contribution in [0.4, 0.5) is 0 Å². The fourth-order valence-electron chi connectivity index (χ4n) is 6.22. The smallest absolute Gasteiger partial charge is 0.397 e. The number of unbranched alkanes of at least 4 members (excludes halogenated alkanes) is 17. The third-order valence-electron chi connectivity index (χ3n) is 9.48. The van der Waals surface area contributed by atoms with Gasteiger partial charge in [0.2, 0.25) is 0 Å². The van der Waals surface area contributed by atoms with Crippen molar-refractivity contribution in [3.8, 4) is 0 Å². The molecule has 13 heteroatoms. The van der Waals surface area contributed by atoms with E-state index >= 15 is 0 Å². The van der Waals surface area contributed by atoms with E-state index in [9.17, 15) is 28.5 Å². The Bertz CT molecular complexity index is 1110. The summed E-state index contributed by atoms with van der Waals surface area (Å²) < 4.78 is 58.9. The molecule has 0 aromatic rings. The highest BCUT2D eigenvalue weighted by Crippen LogP contribution is 2.26. The van der Waals surface area contributed by atoms with Crippen LogP contribution in [0, 0.1) is 0 Å². The summed E-state index contributed by atoms with van der Waals surface area (Å²) in [6.45, 7) is 3.89. The van der Waals surface area contributed by atoms with E-state index in [0.29, 0.717) is 13.0 Å². The molecule has 1 aliphatic heterocycles. The number of carbonyl (C=O) groups is 1. The molecule has 1 aliphatic rings. The zero-order valence-corrected chi connectivity index (χ0v) is 34.8. The van der Waals surface area contributed by atoms with Gasteiger partial charge in [-0.25, -0.2) is 4.18 Å². The topological polar surface area (TPSA) is 178 Å². The zero-order valence-electron chi connectivity index (χ0n) is 34.0. The molecule has 0 aromatic carbocycles. The van der Waals surface area contributed by atoms with Crippen molar-refractivity contribution in [1.82, 2.24) is 0 Å². The van der Waals surface area contributed by atoms with Crippen molar-refractivity contribution in [1.29, 1.82) is 0 Å². The summed E-state index contributed by atoms with van der Waals surface area (Å²) in [6, 6.07) is 0. The van der Waals surface area contributed by atoms with E-state index in [2.05, 4.69) is 54.5 Å². The van der Waals surface area contributed by atoms with Gasteiger partial charge in [0.25, 0.3) is 0 Å². The maximum absolute atomic E-state index is 12.8. The first kappa shape index (κ1) is 51.3. The lowest BCUT2D eigenvalue weighted by molar-refractivity contribution is -0.301. The van der Waals surface area contributed by atoms with E-state index in [0.717, 1.165) is 70.6 Å². The highest BCUT2D eigenvalue weighted by Gasteiger charge is 2.48. The Morgan fingerprint density at radius 2 is 1.20 bits per heavy atom. The Kier molecular flexibility index (Phi) is 32.1. The molecule has 6 atom stereocenters. The first-order valence-electron chi connectivity index (χ1n) is 21.2. The molecule has 55 heavy (non-hydrogen) atoms. The monoisotopic (exact) mass is 805 g/mol. The van der Waals surface area contributed by atoms with Crippen LogP contribution in [0.1, 0.15) is 162 Å². The van der Waals surface area contributed by atoms with Gasteiger partial charge in [-0.2, -0.15) is 8.42 Å². The Labute approximate surface area is 333 Å². The molecule has 0 radical (unpaired) electrons. The molecule has 0 saturated carbocycles. The summed E-state index contributed by atoms with van der Waals surface area (Å²) in [5, 5.41) is 30.6. The molecule has 0 amide bonds. The van der Waals surface area contributed by atoms with Crippen LogP contribution < -0.4 is 0 Å². The van der Waals surface area contributed by atoms with E-state index in [-0.39, 0.29) is 19.6 Å². The minimum atomic E-state index is -5.06. The summed E-state index contributed by atoms with van der Waals surface area (Å²) in [7, 11) is -5.06. The number of carbonyl (C=O) groups excluding carboxylic acids is 1. The van der Waals surface area contributed by atoms with Crippen molar-refractivity contribution >= 4 is 16.4 Å². The fraction of sp³-hybridized carbons (Fsp3) is 0.833. The van der Waals surface area contributed by atoms with Gasteiger partial charge in [0.05, 0.1) is 19.8 Å². The molecule has 1 rings (SSSR count). The van der Waals surface area contributed by atoms with Gasteiger partial charge in [0.15, 0.2) is 6.29 Å². The number of hydrogen-bond acceptors (Lipinski definition) is 11. The third kappa shape index (κ3) is 28.4. The predicted molar refractivity (Wildman–Crippen MR) is 216 cm³/mol. The highest BCUT2D eigenvalue weighted by molar-refractivity contribution is 7.80. The molecule has 322 valence electrons. The van der Waals surface area contributed by atoms with Crippen molar-refractivity contribution in [2.24, 2.45) is 0 Å². The van der Waals surface area contributed by atoms with Crippen molar-refractivity contribution in [3.05, 3.63) is 36.5 Å². The quantitative estimate of drug-likeness (QED) is 0.0207. The maximum atomic E-state index is 12.8. The van der Waals surface area contributed by atoms with Gasteiger partial charge in [0.1, 0.15) is 30.5 Å². The molecule has 6 unspecified atom stereocenters. The second kappa shape index (κ2) is 34.4. The second-order valence-corrected chi connectivity index (χ2v) is 15.6. The van der Waals surface area contributed by atoms with Crippen LogP contribution in [0.5, 0.6) is 0 Å². The Morgan fingerprint density at radius 3 is 1.75 bits per heavy atom. The van der Waals surface area contributed by atoms with Crippen LogP contribution in [-0.4, -0.2) is 97.5 Å². The number of esters is 1. The van der Waals surface area contributed by atoms with E-state index < -0.39 is 59.8 Å². The summed E-state index contributed by atoms with van der Waals surface area (Å²) in [5.41, 5.74) is 0. The largest absolute Gasteiger partial charge is 0.457 e. The van der Waals surface area contributed by atoms with E-state index in [1.54, 1.807) is 0 Å². The normalized spacial score (nSPS) is 21.3. The Balaban J connectivity index is 2.48. The van der Waals surface area contributed by atoms with Crippen molar-refractivity contribution < 1.29 is 56.2 Å². The molecular formula is C42H76O12S. The number of hydrogen-bond donors (Lipinski definition) is 4. The molecule has 1 saturated heterocycles. The van der Waals surface area contributed by atoms with Crippen LogP contribution in [-0.2, 0) is 38.3 Å². The highest BCUT2D eigenvalue weighted by atomic mass is 32.3. The Morgan fingerprint density at radius 1 is 0.691 bits per heavy atom. The molecular weight excluding hydrogens is 729 g/mol. The zero-order chi connectivity index (χ0) is 40.4. The number of rotatable bonds is 36. The number of allylic oxidation sites excluding steroid dienone is 6. The van der Waals surface area contributed by atoms with Crippen LogP contribution in [0.2, 0.25) is 0 Å². The summed E-state index contributed by atoms with van der Waals surface area (Å²) in [6.07, 6.45) is 28.9. The third-order valence-corrected chi connectivity index (χ3v) is 9.95. The molecule has 4 N–H and O–H groups in total. The molecule has 1 heterocycles. The van der Waals surface area contributed by atoms with Crippen LogP contribution in [0.3, 0.4) is 0 Å². The van der Waals surface area contributed by atoms with E-state index in [1.165, 1.54) is 64.2 Å². The lowest BCUT2D eigenvalue weighted by Crippen LogP contribution is -2.60. The summed E-state index contributed by atoms with van der Waals surface area (Å²) >= 11 is 0. The first-order chi connectivity index (χ1) is 26.6. The lowest BCUT2D eigenvalue weighted by atomic mass is 9.99. The average Bonchev–Trinajstić information content (AvgIpc) is 3.15. The van der Waals surface area contributed by atoms with Crippen LogP contribution >= 0.6 is 0 Å². The predicted octanol–water partition coefficient (Wildman–Crippen LogP) is 8.24. The number of ether oxygens (including phenoxy) is 4. The minimum absolute atomic E-state index is 0.0261. The fourth-order valence-corrected chi connectivity index (χ4v) is 6.73. The molecule has 12 nitrogen and oxygen atoms in total. The van der Waals surface area contributed by atoms with Gasteiger partial charge < -0.3 is 34.3 Å². The van der Waals surface area contributed by atoms with Gasteiger partial charge >= 0.3 is 16.4 Å². The molecule has 0 spiro atoms. The SMILES string of the molecule is CCCCC/C=C\C/C=C\CCCCCCCC(=O)OC(COCCCCCCCC/C=C\CCCCC)COC1OC(CO)C(O)C(OS(=O)(=O)O)C1O. The van der Waals surface area contributed by atoms with E-state index in [1.807, 2.05) is 0 Å². The minimum Gasteiger partial charge on any atom is -0.457 e. The van der Waals surface area contributed by atoms with Crippen molar-refractivity contribution in [3.63, 3.8) is 0 Å². The lowest BCUT2D eigenvalue weighted by Gasteiger charge is -2.41. The molecule has 1 fully saturated rings. The van der Waals surface area contributed by atoms with Crippen LogP contribution in [0.15, 0.2) is 36.5 Å². The number of aliphatic hydroxyl groups excluding tert-OH is 3. The van der Waals surface area contributed by atoms with Gasteiger partial charge in [-0.05, 0) is 70.6 Å². The average molecular weight is 805 g/mol. The second-order valence-electron chi connectivity index (χ2n) is 14.6. The molecule has 0 aromatic heterocycles. The summed E-state index contributed by atoms with van der Waals surface area (Å²) in [5.74, 6) is -0.417. The first-order valence-corrected chi connectivity index (χ1v) is 22.6. The Hall–Kier alpha value is -1.68. The van der Waals surface area contributed by atoms with Crippen molar-refractivity contribution in [2.75, 3.05) is 26.4 Å².